The summed E-state index contributed by atoms with van der Waals surface area (Å²) in [5.41, 5.74) is 2.19. The van der Waals surface area contributed by atoms with Crippen LogP contribution in [-0.2, 0) is 13.1 Å². The summed E-state index contributed by atoms with van der Waals surface area (Å²) in [6.07, 6.45) is 4.33. The summed E-state index contributed by atoms with van der Waals surface area (Å²) < 4.78 is 29.6. The minimum absolute atomic E-state index is 0.126. The normalized spacial score (nSPS) is 29.0. The van der Waals surface area contributed by atoms with Crippen LogP contribution in [0, 0.1) is 5.92 Å². The Hall–Kier alpha value is -2.12. The zero-order valence-corrected chi connectivity index (χ0v) is 16.6. The Morgan fingerprint density at radius 1 is 1.10 bits per heavy atom. The minimum atomic E-state index is -1.34. The van der Waals surface area contributed by atoms with Crippen LogP contribution in [0.25, 0.3) is 5.69 Å². The van der Waals surface area contributed by atoms with Gasteiger partial charge in [0.15, 0.2) is 5.82 Å². The molecule has 2 aliphatic heterocycles. The van der Waals surface area contributed by atoms with Crippen LogP contribution in [0.5, 0.6) is 0 Å². The number of aromatic nitrogens is 3. The molecule has 0 radical (unpaired) electrons. The minimum Gasteiger partial charge on any atom is -0.306 e. The van der Waals surface area contributed by atoms with Crippen molar-refractivity contribution in [3.63, 3.8) is 0 Å². The van der Waals surface area contributed by atoms with Gasteiger partial charge in [-0.15, -0.1) is 10.2 Å². The number of hydrogen-bond donors (Lipinski definition) is 1. The van der Waals surface area contributed by atoms with Gasteiger partial charge in [0.05, 0.1) is 24.5 Å². The Kier molecular flexibility index (Phi) is 4.95. The van der Waals surface area contributed by atoms with Crippen molar-refractivity contribution in [2.24, 2.45) is 10.9 Å². The molecule has 0 spiro atoms. The van der Waals surface area contributed by atoms with E-state index in [1.54, 1.807) is 0 Å². The van der Waals surface area contributed by atoms with Crippen molar-refractivity contribution < 1.29 is 8.78 Å². The number of nitrogens with zero attached hydrogens (tertiary/aromatic N) is 4. The summed E-state index contributed by atoms with van der Waals surface area (Å²) in [4.78, 5) is 4.13. The molecule has 1 saturated carbocycles. The SMILES string of the molecule is FC1=CC(F)C(C2CCC(c3nnc4n3-c3ccc(Cl)cc3CNC4)CC2)N=C1. The fourth-order valence-corrected chi connectivity index (χ4v) is 5.02. The fraction of sp³-hybridized carbons (Fsp3) is 0.476. The number of rotatable bonds is 2. The maximum atomic E-state index is 14.2. The average molecular weight is 418 g/mol. The number of benzene rings is 1. The second-order valence-corrected chi connectivity index (χ2v) is 8.50. The van der Waals surface area contributed by atoms with Crippen molar-refractivity contribution in [1.29, 1.82) is 0 Å². The van der Waals surface area contributed by atoms with Crippen molar-refractivity contribution in [3.8, 4) is 5.69 Å². The maximum absolute atomic E-state index is 14.2. The average Bonchev–Trinajstić information content (AvgIpc) is 3.04. The summed E-state index contributed by atoms with van der Waals surface area (Å²) in [6.45, 7) is 1.37. The number of alkyl halides is 1. The Balaban J connectivity index is 1.38. The molecule has 0 bridgehead atoms. The number of hydrogen-bond acceptors (Lipinski definition) is 4. The second kappa shape index (κ2) is 7.61. The molecule has 1 fully saturated rings. The number of fused-ring (bicyclic) bond motifs is 3. The van der Waals surface area contributed by atoms with Crippen LogP contribution in [0.15, 0.2) is 35.1 Å². The third-order valence-corrected chi connectivity index (χ3v) is 6.51. The summed E-state index contributed by atoms with van der Waals surface area (Å²) in [7, 11) is 0. The Labute approximate surface area is 172 Å². The van der Waals surface area contributed by atoms with Gasteiger partial charge < -0.3 is 5.32 Å². The van der Waals surface area contributed by atoms with Crippen LogP contribution in [0.2, 0.25) is 5.02 Å². The molecule has 3 heterocycles. The fourth-order valence-electron chi connectivity index (χ4n) is 4.83. The number of allylic oxidation sites excluding steroid dienone is 1. The predicted molar refractivity (Wildman–Crippen MR) is 108 cm³/mol. The smallest absolute Gasteiger partial charge is 0.151 e. The molecule has 8 heteroatoms. The lowest BCUT2D eigenvalue weighted by Gasteiger charge is -2.33. The number of aliphatic imine (C=N–C) groups is 1. The van der Waals surface area contributed by atoms with Crippen LogP contribution in [-0.4, -0.2) is 33.2 Å². The predicted octanol–water partition coefficient (Wildman–Crippen LogP) is 4.44. The van der Waals surface area contributed by atoms with Crippen molar-refractivity contribution >= 4 is 17.8 Å². The topological polar surface area (TPSA) is 55.1 Å². The maximum Gasteiger partial charge on any atom is 0.151 e. The highest BCUT2D eigenvalue weighted by Gasteiger charge is 2.35. The van der Waals surface area contributed by atoms with Gasteiger partial charge in [-0.25, -0.2) is 8.78 Å². The number of nitrogens with one attached hydrogen (secondary N) is 1. The van der Waals surface area contributed by atoms with E-state index in [4.69, 9.17) is 11.6 Å². The summed E-state index contributed by atoms with van der Waals surface area (Å²) >= 11 is 6.19. The molecule has 5 rings (SSSR count). The molecular formula is C21H22ClF2N5. The van der Waals surface area contributed by atoms with Gasteiger partial charge in [-0.2, -0.15) is 0 Å². The third-order valence-electron chi connectivity index (χ3n) is 6.27. The first-order valence-corrected chi connectivity index (χ1v) is 10.5. The highest BCUT2D eigenvalue weighted by Crippen LogP contribution is 2.40. The number of halogens is 3. The van der Waals surface area contributed by atoms with Gasteiger partial charge in [0.2, 0.25) is 0 Å². The first-order chi connectivity index (χ1) is 14.1. The van der Waals surface area contributed by atoms with E-state index in [1.165, 1.54) is 0 Å². The molecule has 1 aromatic heterocycles. The molecule has 3 aliphatic rings. The molecule has 152 valence electrons. The molecule has 2 aromatic rings. The van der Waals surface area contributed by atoms with Crippen molar-refractivity contribution in [1.82, 2.24) is 20.1 Å². The van der Waals surface area contributed by atoms with E-state index in [9.17, 15) is 8.78 Å². The quantitative estimate of drug-likeness (QED) is 0.785. The lowest BCUT2D eigenvalue weighted by Crippen LogP contribution is -2.33. The van der Waals surface area contributed by atoms with Gasteiger partial charge in [-0.1, -0.05) is 11.6 Å². The van der Waals surface area contributed by atoms with Gasteiger partial charge in [-0.3, -0.25) is 9.56 Å². The molecule has 5 nitrogen and oxygen atoms in total. The van der Waals surface area contributed by atoms with Crippen LogP contribution in [0.1, 0.15) is 48.8 Å². The molecule has 0 saturated heterocycles. The zero-order valence-electron chi connectivity index (χ0n) is 15.9. The zero-order chi connectivity index (χ0) is 20.0. The van der Waals surface area contributed by atoms with E-state index in [1.807, 2.05) is 18.2 Å². The Bertz CT molecular complexity index is 977. The molecule has 1 aliphatic carbocycles. The van der Waals surface area contributed by atoms with Crippen molar-refractivity contribution in [2.45, 2.75) is 56.9 Å². The van der Waals surface area contributed by atoms with E-state index >= 15 is 0 Å². The second-order valence-electron chi connectivity index (χ2n) is 8.06. The van der Waals surface area contributed by atoms with Gasteiger partial charge in [0.25, 0.3) is 0 Å². The van der Waals surface area contributed by atoms with Gasteiger partial charge in [0.1, 0.15) is 17.8 Å². The first kappa shape index (κ1) is 18.9. The lowest BCUT2D eigenvalue weighted by molar-refractivity contribution is 0.210. The van der Waals surface area contributed by atoms with E-state index in [2.05, 4.69) is 25.1 Å². The third kappa shape index (κ3) is 3.51. The summed E-state index contributed by atoms with van der Waals surface area (Å²) in [5.74, 6) is 1.65. The van der Waals surface area contributed by atoms with Crippen molar-refractivity contribution in [2.75, 3.05) is 0 Å². The highest BCUT2D eigenvalue weighted by molar-refractivity contribution is 6.30. The molecular weight excluding hydrogens is 396 g/mol. The van der Waals surface area contributed by atoms with E-state index in [-0.39, 0.29) is 11.8 Å². The summed E-state index contributed by atoms with van der Waals surface area (Å²) in [5, 5.41) is 13.0. The molecule has 29 heavy (non-hydrogen) atoms. The number of dihydropyridines is 1. The van der Waals surface area contributed by atoms with Crippen molar-refractivity contribution in [3.05, 3.63) is 52.3 Å². The molecule has 1 aromatic carbocycles. The Morgan fingerprint density at radius 3 is 2.72 bits per heavy atom. The van der Waals surface area contributed by atoms with Gasteiger partial charge >= 0.3 is 0 Å². The largest absolute Gasteiger partial charge is 0.306 e. The van der Waals surface area contributed by atoms with E-state index in [0.717, 1.165) is 67.4 Å². The van der Waals surface area contributed by atoms with Gasteiger partial charge in [0, 0.05) is 17.5 Å². The van der Waals surface area contributed by atoms with Crippen LogP contribution >= 0.6 is 11.6 Å². The molecule has 2 atom stereocenters. The van der Waals surface area contributed by atoms with Crippen LogP contribution in [0.4, 0.5) is 8.78 Å². The first-order valence-electron chi connectivity index (χ1n) is 10.1. The van der Waals surface area contributed by atoms with Crippen LogP contribution < -0.4 is 5.32 Å². The lowest BCUT2D eigenvalue weighted by atomic mass is 9.76. The monoisotopic (exact) mass is 417 g/mol. The van der Waals surface area contributed by atoms with E-state index in [0.29, 0.717) is 11.6 Å². The molecule has 2 unspecified atom stereocenters. The molecule has 0 amide bonds. The van der Waals surface area contributed by atoms with E-state index < -0.39 is 18.0 Å². The van der Waals surface area contributed by atoms with Gasteiger partial charge in [-0.05, 0) is 61.4 Å². The standard InChI is InChI=1S/C21H22ClF2N5/c22-15-5-6-18-14(7-15)9-25-11-19-27-28-21(29(18)19)13-3-1-12(2-4-13)20-17(24)8-16(23)10-26-20/h5-8,10,12-13,17,20,25H,1-4,9,11H2. The summed E-state index contributed by atoms with van der Waals surface area (Å²) in [6, 6.07) is 5.43. The highest BCUT2D eigenvalue weighted by atomic mass is 35.5. The van der Waals surface area contributed by atoms with Crippen LogP contribution in [0.3, 0.4) is 0 Å². The molecule has 1 N–H and O–H groups in total. The Morgan fingerprint density at radius 2 is 1.93 bits per heavy atom.